The summed E-state index contributed by atoms with van der Waals surface area (Å²) < 4.78 is 21.4. The smallest absolute Gasteiger partial charge is 0.356 e. The van der Waals surface area contributed by atoms with E-state index in [-0.39, 0.29) is 24.6 Å². The van der Waals surface area contributed by atoms with Crippen molar-refractivity contribution in [3.63, 3.8) is 0 Å². The number of hydrogen-bond donors (Lipinski definition) is 1. The molecular formula is C17H21NO6. The van der Waals surface area contributed by atoms with Crippen molar-refractivity contribution in [2.45, 2.75) is 20.5 Å². The van der Waals surface area contributed by atoms with Crippen molar-refractivity contribution < 1.29 is 28.8 Å². The standard InChI is InChI=1S/C17H21NO6/c1-6-24-17(20)11-7-10-13(12(8-19)18-11)16(23-5)15(22-4)9(2)14(10)21-3/h7,19H,6,8H2,1-5H3. The molecule has 0 radical (unpaired) electrons. The van der Waals surface area contributed by atoms with E-state index >= 15 is 0 Å². The summed E-state index contributed by atoms with van der Waals surface area (Å²) in [5.41, 5.74) is 1.09. The third-order valence-electron chi connectivity index (χ3n) is 3.70. The molecule has 0 aliphatic rings. The lowest BCUT2D eigenvalue weighted by atomic mass is 10.0. The van der Waals surface area contributed by atoms with Gasteiger partial charge in [-0.1, -0.05) is 0 Å². The summed E-state index contributed by atoms with van der Waals surface area (Å²) in [6, 6.07) is 1.57. The molecule has 0 bridgehead atoms. The SMILES string of the molecule is CCOC(=O)c1cc2c(OC)c(C)c(OC)c(OC)c2c(CO)n1. The summed E-state index contributed by atoms with van der Waals surface area (Å²) in [5, 5.41) is 10.9. The number of nitrogens with zero attached hydrogens (tertiary/aromatic N) is 1. The monoisotopic (exact) mass is 335 g/mol. The van der Waals surface area contributed by atoms with Crippen LogP contribution in [0.15, 0.2) is 6.07 Å². The van der Waals surface area contributed by atoms with Crippen molar-refractivity contribution in [1.29, 1.82) is 0 Å². The zero-order valence-corrected chi connectivity index (χ0v) is 14.4. The fourth-order valence-corrected chi connectivity index (χ4v) is 2.75. The minimum absolute atomic E-state index is 0.0957. The van der Waals surface area contributed by atoms with E-state index in [1.54, 1.807) is 13.0 Å². The summed E-state index contributed by atoms with van der Waals surface area (Å²) in [6.07, 6.45) is 0. The van der Waals surface area contributed by atoms with Gasteiger partial charge in [-0.3, -0.25) is 0 Å². The van der Waals surface area contributed by atoms with Crippen LogP contribution >= 0.6 is 0 Å². The molecule has 2 aromatic rings. The second-order valence-corrected chi connectivity index (χ2v) is 4.98. The molecule has 0 atom stereocenters. The molecule has 0 amide bonds. The van der Waals surface area contributed by atoms with Gasteiger partial charge in [0.2, 0.25) is 0 Å². The Balaban J connectivity index is 2.94. The number of fused-ring (bicyclic) bond motifs is 1. The summed E-state index contributed by atoms with van der Waals surface area (Å²) in [7, 11) is 4.55. The van der Waals surface area contributed by atoms with Crippen LogP contribution in [0, 0.1) is 6.92 Å². The van der Waals surface area contributed by atoms with Crippen LogP contribution in [0.2, 0.25) is 0 Å². The van der Waals surface area contributed by atoms with Crippen molar-refractivity contribution in [1.82, 2.24) is 4.98 Å². The Kier molecular flexibility index (Phi) is 5.46. The first kappa shape index (κ1) is 17.8. The van der Waals surface area contributed by atoms with Crippen LogP contribution in [0.4, 0.5) is 0 Å². The number of esters is 1. The molecule has 7 nitrogen and oxygen atoms in total. The third-order valence-corrected chi connectivity index (χ3v) is 3.70. The first-order chi connectivity index (χ1) is 11.5. The average molecular weight is 335 g/mol. The molecule has 0 unspecified atom stereocenters. The minimum atomic E-state index is -0.566. The molecule has 0 saturated carbocycles. The molecule has 24 heavy (non-hydrogen) atoms. The van der Waals surface area contributed by atoms with Crippen molar-refractivity contribution in [2.75, 3.05) is 27.9 Å². The summed E-state index contributed by atoms with van der Waals surface area (Å²) >= 11 is 0. The van der Waals surface area contributed by atoms with Gasteiger partial charge < -0.3 is 24.1 Å². The number of ether oxygens (including phenoxy) is 4. The molecule has 130 valence electrons. The minimum Gasteiger partial charge on any atom is -0.496 e. The number of carbonyl (C=O) groups excluding carboxylic acids is 1. The Morgan fingerprint density at radius 2 is 1.75 bits per heavy atom. The highest BCUT2D eigenvalue weighted by atomic mass is 16.5. The van der Waals surface area contributed by atoms with Crippen LogP contribution in [0.25, 0.3) is 10.8 Å². The van der Waals surface area contributed by atoms with E-state index in [1.165, 1.54) is 21.3 Å². The second kappa shape index (κ2) is 7.35. The topological polar surface area (TPSA) is 87.1 Å². The van der Waals surface area contributed by atoms with Crippen LogP contribution < -0.4 is 14.2 Å². The van der Waals surface area contributed by atoms with Crippen molar-refractivity contribution in [3.05, 3.63) is 23.0 Å². The molecule has 2 rings (SSSR count). The number of hydrogen-bond acceptors (Lipinski definition) is 7. The molecule has 1 aromatic heterocycles. The van der Waals surface area contributed by atoms with E-state index in [0.717, 1.165) is 0 Å². The van der Waals surface area contributed by atoms with E-state index in [0.29, 0.717) is 33.6 Å². The highest BCUT2D eigenvalue weighted by Crippen LogP contribution is 2.46. The normalized spacial score (nSPS) is 10.6. The Morgan fingerprint density at radius 1 is 1.12 bits per heavy atom. The molecule has 0 aliphatic heterocycles. The Morgan fingerprint density at radius 3 is 2.25 bits per heavy atom. The van der Waals surface area contributed by atoms with Gasteiger partial charge >= 0.3 is 5.97 Å². The molecule has 0 aliphatic carbocycles. The van der Waals surface area contributed by atoms with Crippen LogP contribution in [0.3, 0.4) is 0 Å². The van der Waals surface area contributed by atoms with Gasteiger partial charge in [0.05, 0.1) is 45.6 Å². The van der Waals surface area contributed by atoms with Gasteiger partial charge in [-0.25, -0.2) is 9.78 Å². The zero-order valence-electron chi connectivity index (χ0n) is 14.4. The van der Waals surface area contributed by atoms with Crippen LogP contribution in [0.5, 0.6) is 17.2 Å². The average Bonchev–Trinajstić information content (AvgIpc) is 2.59. The fraction of sp³-hybridized carbons (Fsp3) is 0.412. The van der Waals surface area contributed by atoms with Gasteiger partial charge in [0, 0.05) is 10.9 Å². The van der Waals surface area contributed by atoms with Gasteiger partial charge in [-0.2, -0.15) is 0 Å². The maximum atomic E-state index is 12.1. The number of methoxy groups -OCH3 is 3. The molecule has 0 saturated heterocycles. The van der Waals surface area contributed by atoms with E-state index in [9.17, 15) is 9.90 Å². The lowest BCUT2D eigenvalue weighted by Gasteiger charge is -2.19. The van der Waals surface area contributed by atoms with Gasteiger partial charge in [0.1, 0.15) is 11.4 Å². The fourth-order valence-electron chi connectivity index (χ4n) is 2.75. The van der Waals surface area contributed by atoms with Crippen LogP contribution in [-0.4, -0.2) is 44.0 Å². The highest BCUT2D eigenvalue weighted by molar-refractivity contribution is 6.02. The number of aliphatic hydroxyl groups excluding tert-OH is 1. The highest BCUT2D eigenvalue weighted by Gasteiger charge is 2.24. The molecule has 1 heterocycles. The number of aromatic nitrogens is 1. The van der Waals surface area contributed by atoms with Gasteiger partial charge in [0.25, 0.3) is 0 Å². The zero-order chi connectivity index (χ0) is 17.9. The van der Waals surface area contributed by atoms with E-state index in [1.807, 2.05) is 6.92 Å². The first-order valence-corrected chi connectivity index (χ1v) is 7.44. The van der Waals surface area contributed by atoms with Gasteiger partial charge in [-0.05, 0) is 19.9 Å². The number of rotatable bonds is 6. The van der Waals surface area contributed by atoms with Gasteiger partial charge in [0.15, 0.2) is 11.5 Å². The predicted octanol–water partition coefficient (Wildman–Crippen LogP) is 2.24. The maximum absolute atomic E-state index is 12.1. The van der Waals surface area contributed by atoms with E-state index in [4.69, 9.17) is 18.9 Å². The van der Waals surface area contributed by atoms with E-state index in [2.05, 4.69) is 4.98 Å². The first-order valence-electron chi connectivity index (χ1n) is 7.44. The van der Waals surface area contributed by atoms with Gasteiger partial charge in [-0.15, -0.1) is 0 Å². The summed E-state index contributed by atoms with van der Waals surface area (Å²) in [5.74, 6) is 0.869. The Bertz CT molecular complexity index is 772. The quantitative estimate of drug-likeness (QED) is 0.810. The molecule has 1 N–H and O–H groups in total. The predicted molar refractivity (Wildman–Crippen MR) is 88.0 cm³/mol. The molecule has 1 aromatic carbocycles. The molecule has 7 heteroatoms. The van der Waals surface area contributed by atoms with Crippen molar-refractivity contribution in [3.8, 4) is 17.2 Å². The number of pyridine rings is 1. The second-order valence-electron chi connectivity index (χ2n) is 4.98. The lowest BCUT2D eigenvalue weighted by Crippen LogP contribution is -2.10. The van der Waals surface area contributed by atoms with E-state index < -0.39 is 5.97 Å². The van der Waals surface area contributed by atoms with Crippen LogP contribution in [-0.2, 0) is 11.3 Å². The number of aliphatic hydroxyl groups is 1. The third kappa shape index (κ3) is 2.82. The molecule has 0 spiro atoms. The Hall–Kier alpha value is -2.54. The molecule has 0 fully saturated rings. The van der Waals surface area contributed by atoms with Crippen molar-refractivity contribution in [2.24, 2.45) is 0 Å². The van der Waals surface area contributed by atoms with Crippen LogP contribution in [0.1, 0.15) is 28.7 Å². The lowest BCUT2D eigenvalue weighted by molar-refractivity contribution is 0.0519. The largest absolute Gasteiger partial charge is 0.496 e. The maximum Gasteiger partial charge on any atom is 0.356 e. The van der Waals surface area contributed by atoms with Crippen molar-refractivity contribution >= 4 is 16.7 Å². The summed E-state index contributed by atoms with van der Waals surface area (Å²) in [4.78, 5) is 16.3. The Labute approximate surface area is 140 Å². The number of carbonyl (C=O) groups is 1. The summed E-state index contributed by atoms with van der Waals surface area (Å²) in [6.45, 7) is 3.39. The number of benzene rings is 1. The molecular weight excluding hydrogens is 314 g/mol.